The summed E-state index contributed by atoms with van der Waals surface area (Å²) < 4.78 is 0. The number of pyridine rings is 3. The summed E-state index contributed by atoms with van der Waals surface area (Å²) in [4.78, 5) is 13.6. The molecular formula is C23H25N7S. The Kier molecular flexibility index (Phi) is 5.46. The van der Waals surface area contributed by atoms with Gasteiger partial charge in [-0.25, -0.2) is 4.98 Å². The van der Waals surface area contributed by atoms with Gasteiger partial charge in [-0.15, -0.1) is 10.2 Å². The molecule has 0 unspecified atom stereocenters. The molecule has 0 spiro atoms. The number of hydrogen-bond acceptors (Lipinski definition) is 8. The molecule has 0 radical (unpaired) electrons. The highest BCUT2D eigenvalue weighted by atomic mass is 32.1. The molecular weight excluding hydrogens is 406 g/mol. The normalized spacial score (nSPS) is 14.4. The predicted molar refractivity (Wildman–Crippen MR) is 126 cm³/mol. The first kappa shape index (κ1) is 19.8. The van der Waals surface area contributed by atoms with Crippen molar-refractivity contribution in [2.45, 2.75) is 51.4 Å². The second-order valence-electron chi connectivity index (χ2n) is 8.30. The van der Waals surface area contributed by atoms with Gasteiger partial charge in [0.05, 0.1) is 34.8 Å². The van der Waals surface area contributed by atoms with Crippen molar-refractivity contribution in [3.05, 3.63) is 53.4 Å². The lowest BCUT2D eigenvalue weighted by atomic mass is 10.1. The van der Waals surface area contributed by atoms with Crippen LogP contribution in [0, 0.1) is 0 Å². The summed E-state index contributed by atoms with van der Waals surface area (Å²) in [5.41, 5.74) is 4.66. The summed E-state index contributed by atoms with van der Waals surface area (Å²) in [7, 11) is 0. The van der Waals surface area contributed by atoms with Crippen LogP contribution in [0.3, 0.4) is 0 Å². The first-order valence-corrected chi connectivity index (χ1v) is 11.5. The van der Waals surface area contributed by atoms with E-state index in [-0.39, 0.29) is 0 Å². The molecule has 4 aromatic rings. The van der Waals surface area contributed by atoms with Crippen LogP contribution in [-0.2, 0) is 0 Å². The van der Waals surface area contributed by atoms with Crippen molar-refractivity contribution < 1.29 is 0 Å². The molecule has 2 N–H and O–H groups in total. The topological polar surface area (TPSA) is 88.5 Å². The molecule has 4 heterocycles. The largest absolute Gasteiger partial charge is 0.353 e. The lowest BCUT2D eigenvalue weighted by molar-refractivity contribution is 0.705. The van der Waals surface area contributed by atoms with E-state index in [0.717, 1.165) is 38.4 Å². The molecule has 0 aliphatic heterocycles. The Morgan fingerprint density at radius 1 is 0.935 bits per heavy atom. The van der Waals surface area contributed by atoms with Crippen molar-refractivity contribution in [1.82, 2.24) is 25.1 Å². The summed E-state index contributed by atoms with van der Waals surface area (Å²) in [6.45, 7) is 4.32. The highest BCUT2D eigenvalue weighted by Crippen LogP contribution is 2.37. The number of fused-ring (bicyclic) bond motifs is 1. The fraction of sp³-hybridized carbons (Fsp3) is 0.348. The maximum absolute atomic E-state index is 4.73. The van der Waals surface area contributed by atoms with Crippen molar-refractivity contribution in [1.29, 1.82) is 0 Å². The van der Waals surface area contributed by atoms with Crippen molar-refractivity contribution in [2.75, 3.05) is 10.6 Å². The van der Waals surface area contributed by atoms with Crippen molar-refractivity contribution >= 4 is 44.7 Å². The van der Waals surface area contributed by atoms with Gasteiger partial charge in [0.15, 0.2) is 0 Å². The van der Waals surface area contributed by atoms with Crippen molar-refractivity contribution in [3.8, 4) is 0 Å². The van der Waals surface area contributed by atoms with Crippen molar-refractivity contribution in [3.63, 3.8) is 0 Å². The lowest BCUT2D eigenvalue weighted by Crippen LogP contribution is -1.97. The molecule has 1 fully saturated rings. The molecule has 158 valence electrons. The molecule has 0 saturated heterocycles. The van der Waals surface area contributed by atoms with Crippen LogP contribution in [0.25, 0.3) is 11.0 Å². The molecule has 0 bridgehead atoms. The van der Waals surface area contributed by atoms with E-state index in [1.165, 1.54) is 31.2 Å². The third kappa shape index (κ3) is 4.49. The SMILES string of the molecule is CC(C)c1cncc(Nc2cnc3ccc(Nc4nnc(C5CCCC5)s4)nc3c2)c1. The van der Waals surface area contributed by atoms with Gasteiger partial charge in [-0.3, -0.25) is 9.97 Å². The summed E-state index contributed by atoms with van der Waals surface area (Å²) in [6.07, 6.45) is 10.6. The smallest absolute Gasteiger partial charge is 0.211 e. The van der Waals surface area contributed by atoms with E-state index in [1.54, 1.807) is 11.3 Å². The Labute approximate surface area is 185 Å². The standard InChI is InChI=1S/C23H25N7S/c1-14(2)16-9-17(12-24-11-16)26-18-10-20-19(25-13-18)7-8-21(27-20)28-23-30-29-22(31-23)15-5-3-4-6-15/h7-15,26H,3-6H2,1-2H3,(H,27,28,30). The minimum atomic E-state index is 0.425. The fourth-order valence-electron chi connectivity index (χ4n) is 3.89. The highest BCUT2D eigenvalue weighted by molar-refractivity contribution is 7.15. The van der Waals surface area contributed by atoms with Gasteiger partial charge in [0.25, 0.3) is 0 Å². The molecule has 1 aliphatic rings. The first-order valence-electron chi connectivity index (χ1n) is 10.7. The second kappa shape index (κ2) is 8.55. The Hall–Kier alpha value is -3.13. The van der Waals surface area contributed by atoms with E-state index in [4.69, 9.17) is 4.98 Å². The van der Waals surface area contributed by atoms with Crippen molar-refractivity contribution in [2.24, 2.45) is 0 Å². The average molecular weight is 432 g/mol. The van der Waals surface area contributed by atoms with Gasteiger partial charge in [0.1, 0.15) is 10.8 Å². The number of aromatic nitrogens is 5. The van der Waals surface area contributed by atoms with Crippen LogP contribution in [-0.4, -0.2) is 25.1 Å². The highest BCUT2D eigenvalue weighted by Gasteiger charge is 2.21. The predicted octanol–water partition coefficient (Wildman–Crippen LogP) is 6.14. The lowest BCUT2D eigenvalue weighted by Gasteiger charge is -2.10. The van der Waals surface area contributed by atoms with E-state index < -0.39 is 0 Å². The van der Waals surface area contributed by atoms with Crippen LogP contribution in [0.1, 0.15) is 61.9 Å². The molecule has 1 aliphatic carbocycles. The minimum absolute atomic E-state index is 0.425. The van der Waals surface area contributed by atoms with Gasteiger partial charge < -0.3 is 10.6 Å². The van der Waals surface area contributed by atoms with Crippen LogP contribution in [0.4, 0.5) is 22.3 Å². The van der Waals surface area contributed by atoms with Crippen LogP contribution in [0.5, 0.6) is 0 Å². The van der Waals surface area contributed by atoms with Gasteiger partial charge in [0, 0.05) is 12.1 Å². The monoisotopic (exact) mass is 431 g/mol. The van der Waals surface area contributed by atoms with E-state index in [0.29, 0.717) is 11.8 Å². The molecule has 7 nitrogen and oxygen atoms in total. The maximum Gasteiger partial charge on any atom is 0.211 e. The van der Waals surface area contributed by atoms with E-state index >= 15 is 0 Å². The number of nitrogens with one attached hydrogen (secondary N) is 2. The zero-order valence-electron chi connectivity index (χ0n) is 17.7. The third-order valence-corrected chi connectivity index (χ3v) is 6.63. The number of hydrogen-bond donors (Lipinski definition) is 2. The number of rotatable bonds is 6. The Bertz CT molecular complexity index is 1200. The molecule has 0 amide bonds. The van der Waals surface area contributed by atoms with E-state index in [9.17, 15) is 0 Å². The Morgan fingerprint density at radius 3 is 2.61 bits per heavy atom. The third-order valence-electron chi connectivity index (χ3n) is 5.63. The first-order chi connectivity index (χ1) is 15.1. The Balaban J connectivity index is 1.35. The van der Waals surface area contributed by atoms with Crippen LogP contribution >= 0.6 is 11.3 Å². The van der Waals surface area contributed by atoms with Crippen LogP contribution < -0.4 is 10.6 Å². The molecule has 0 aromatic carbocycles. The van der Waals surface area contributed by atoms with Gasteiger partial charge >= 0.3 is 0 Å². The number of anilines is 4. The molecule has 5 rings (SSSR count). The van der Waals surface area contributed by atoms with E-state index in [2.05, 4.69) is 50.7 Å². The molecule has 0 atom stereocenters. The molecule has 8 heteroatoms. The Morgan fingerprint density at radius 2 is 1.77 bits per heavy atom. The van der Waals surface area contributed by atoms with Gasteiger partial charge in [-0.05, 0) is 48.6 Å². The summed E-state index contributed by atoms with van der Waals surface area (Å²) in [6, 6.07) is 8.01. The summed E-state index contributed by atoms with van der Waals surface area (Å²) in [5.74, 6) is 1.73. The quantitative estimate of drug-likeness (QED) is 0.379. The van der Waals surface area contributed by atoms with Gasteiger partial charge in [-0.1, -0.05) is 38.0 Å². The maximum atomic E-state index is 4.73. The average Bonchev–Trinajstić information content (AvgIpc) is 3.46. The van der Waals surface area contributed by atoms with Gasteiger partial charge in [0.2, 0.25) is 5.13 Å². The number of nitrogens with zero attached hydrogens (tertiary/aromatic N) is 5. The second-order valence-corrected chi connectivity index (χ2v) is 9.31. The zero-order chi connectivity index (χ0) is 21.2. The molecule has 4 aromatic heterocycles. The van der Waals surface area contributed by atoms with Crippen LogP contribution in [0.2, 0.25) is 0 Å². The molecule has 31 heavy (non-hydrogen) atoms. The summed E-state index contributed by atoms with van der Waals surface area (Å²) in [5, 5.41) is 17.3. The molecule has 1 saturated carbocycles. The van der Waals surface area contributed by atoms with Gasteiger partial charge in [-0.2, -0.15) is 0 Å². The summed E-state index contributed by atoms with van der Waals surface area (Å²) >= 11 is 1.63. The van der Waals surface area contributed by atoms with Crippen LogP contribution in [0.15, 0.2) is 42.9 Å². The zero-order valence-corrected chi connectivity index (χ0v) is 18.5. The van der Waals surface area contributed by atoms with E-state index in [1.807, 2.05) is 36.8 Å². The fourth-order valence-corrected chi connectivity index (χ4v) is 4.80. The minimum Gasteiger partial charge on any atom is -0.353 e.